The topological polar surface area (TPSA) is 29.5 Å². The van der Waals surface area contributed by atoms with Crippen LogP contribution in [0.25, 0.3) is 0 Å². The average molecular weight is 278 g/mol. The van der Waals surface area contributed by atoms with E-state index in [1.54, 1.807) is 6.92 Å². The van der Waals surface area contributed by atoms with Gasteiger partial charge >= 0.3 is 0 Å². The summed E-state index contributed by atoms with van der Waals surface area (Å²) >= 11 is 0. The average Bonchev–Trinajstić information content (AvgIpc) is 2.42. The summed E-state index contributed by atoms with van der Waals surface area (Å²) < 4.78 is 18.3. The SMILES string of the molecule is CCCCCCC(C)(O)C#Cc1cc(F)ccc1OC. The van der Waals surface area contributed by atoms with Gasteiger partial charge in [-0.25, -0.2) is 4.39 Å². The van der Waals surface area contributed by atoms with Crippen molar-refractivity contribution in [2.24, 2.45) is 0 Å². The minimum Gasteiger partial charge on any atom is -0.495 e. The molecule has 3 heteroatoms. The van der Waals surface area contributed by atoms with E-state index in [9.17, 15) is 9.50 Å². The molecule has 1 N–H and O–H groups in total. The summed E-state index contributed by atoms with van der Waals surface area (Å²) in [6.07, 6.45) is 4.99. The molecule has 0 amide bonds. The fourth-order valence-corrected chi connectivity index (χ4v) is 1.94. The molecule has 0 heterocycles. The van der Waals surface area contributed by atoms with Crippen LogP contribution in [0.2, 0.25) is 0 Å². The molecule has 0 bridgehead atoms. The van der Waals surface area contributed by atoms with E-state index in [0.29, 0.717) is 17.7 Å². The van der Waals surface area contributed by atoms with Crippen molar-refractivity contribution >= 4 is 0 Å². The largest absolute Gasteiger partial charge is 0.495 e. The van der Waals surface area contributed by atoms with Crippen LogP contribution in [0.5, 0.6) is 5.75 Å². The van der Waals surface area contributed by atoms with Crippen molar-refractivity contribution in [3.63, 3.8) is 0 Å². The van der Waals surface area contributed by atoms with Crippen molar-refractivity contribution in [1.29, 1.82) is 0 Å². The van der Waals surface area contributed by atoms with Crippen molar-refractivity contribution < 1.29 is 14.2 Å². The van der Waals surface area contributed by atoms with E-state index >= 15 is 0 Å². The summed E-state index contributed by atoms with van der Waals surface area (Å²) in [5, 5.41) is 10.2. The molecule has 1 unspecified atom stereocenters. The van der Waals surface area contributed by atoms with E-state index in [4.69, 9.17) is 4.74 Å². The quantitative estimate of drug-likeness (QED) is 0.631. The molecule has 0 aliphatic carbocycles. The number of aliphatic hydroxyl groups is 1. The first-order chi connectivity index (χ1) is 9.48. The second kappa shape index (κ2) is 7.91. The van der Waals surface area contributed by atoms with Crippen LogP contribution in [0.1, 0.15) is 51.5 Å². The Morgan fingerprint density at radius 2 is 2.05 bits per heavy atom. The van der Waals surface area contributed by atoms with E-state index in [0.717, 1.165) is 19.3 Å². The number of benzene rings is 1. The van der Waals surface area contributed by atoms with Crippen LogP contribution in [0.3, 0.4) is 0 Å². The highest BCUT2D eigenvalue weighted by molar-refractivity contribution is 5.47. The van der Waals surface area contributed by atoms with Gasteiger partial charge in [0.1, 0.15) is 17.2 Å². The molecular formula is C17H23FO2. The van der Waals surface area contributed by atoms with E-state index in [2.05, 4.69) is 18.8 Å². The van der Waals surface area contributed by atoms with E-state index in [1.165, 1.54) is 31.7 Å². The van der Waals surface area contributed by atoms with Gasteiger partial charge in [0.25, 0.3) is 0 Å². The number of methoxy groups -OCH3 is 1. The summed E-state index contributed by atoms with van der Waals surface area (Å²) in [5.74, 6) is 5.79. The van der Waals surface area contributed by atoms with Gasteiger partial charge in [-0.05, 0) is 38.0 Å². The molecular weight excluding hydrogens is 255 g/mol. The van der Waals surface area contributed by atoms with Crippen molar-refractivity contribution in [2.45, 2.75) is 51.6 Å². The number of rotatable bonds is 6. The normalized spacial score (nSPS) is 13.2. The van der Waals surface area contributed by atoms with Gasteiger partial charge < -0.3 is 9.84 Å². The lowest BCUT2D eigenvalue weighted by atomic mass is 9.98. The van der Waals surface area contributed by atoms with Crippen LogP contribution in [0.4, 0.5) is 4.39 Å². The number of halogens is 1. The maximum atomic E-state index is 13.2. The zero-order chi connectivity index (χ0) is 15.0. The molecule has 1 aromatic carbocycles. The van der Waals surface area contributed by atoms with E-state index < -0.39 is 5.60 Å². The van der Waals surface area contributed by atoms with Crippen molar-refractivity contribution in [3.8, 4) is 17.6 Å². The minimum atomic E-state index is -1.05. The Balaban J connectivity index is 2.74. The Labute approximate surface area is 121 Å². The number of ether oxygens (including phenoxy) is 1. The maximum Gasteiger partial charge on any atom is 0.134 e. The van der Waals surface area contributed by atoms with Gasteiger partial charge in [0.2, 0.25) is 0 Å². The first-order valence-electron chi connectivity index (χ1n) is 7.07. The molecule has 20 heavy (non-hydrogen) atoms. The Bertz CT molecular complexity index is 483. The smallest absolute Gasteiger partial charge is 0.134 e. The molecule has 0 aromatic heterocycles. The lowest BCUT2D eigenvalue weighted by Gasteiger charge is -2.15. The number of unbranched alkanes of at least 4 members (excludes halogenated alkanes) is 3. The molecule has 0 aliphatic rings. The van der Waals surface area contributed by atoms with Gasteiger partial charge in [-0.3, -0.25) is 0 Å². The standard InChI is InChI=1S/C17H23FO2/c1-4-5-6-7-11-17(2,19)12-10-14-13-15(18)8-9-16(14)20-3/h8-9,13,19H,4-7,11H2,1-3H3. The fraction of sp³-hybridized carbons (Fsp3) is 0.529. The predicted molar refractivity (Wildman–Crippen MR) is 79.2 cm³/mol. The third kappa shape index (κ3) is 5.63. The number of hydrogen-bond acceptors (Lipinski definition) is 2. The van der Waals surface area contributed by atoms with Gasteiger partial charge in [-0.1, -0.05) is 38.0 Å². The van der Waals surface area contributed by atoms with Gasteiger partial charge in [-0.2, -0.15) is 0 Å². The fourth-order valence-electron chi connectivity index (χ4n) is 1.94. The Morgan fingerprint density at radius 3 is 2.70 bits per heavy atom. The summed E-state index contributed by atoms with van der Waals surface area (Å²) in [5.41, 5.74) is -0.591. The molecule has 1 atom stereocenters. The van der Waals surface area contributed by atoms with Crippen molar-refractivity contribution in [3.05, 3.63) is 29.6 Å². The second-order valence-corrected chi connectivity index (χ2v) is 5.18. The first kappa shape index (κ1) is 16.5. The molecule has 1 rings (SSSR count). The van der Waals surface area contributed by atoms with Crippen LogP contribution in [0, 0.1) is 17.7 Å². The molecule has 0 radical (unpaired) electrons. The summed E-state index contributed by atoms with van der Waals surface area (Å²) in [7, 11) is 1.52. The Kier molecular flexibility index (Phi) is 6.54. The van der Waals surface area contributed by atoms with Crippen LogP contribution >= 0.6 is 0 Å². The van der Waals surface area contributed by atoms with E-state index in [-0.39, 0.29) is 5.82 Å². The van der Waals surface area contributed by atoms with Crippen LogP contribution in [-0.4, -0.2) is 17.8 Å². The third-order valence-corrected chi connectivity index (χ3v) is 3.15. The third-order valence-electron chi connectivity index (χ3n) is 3.15. The first-order valence-corrected chi connectivity index (χ1v) is 7.07. The van der Waals surface area contributed by atoms with Crippen molar-refractivity contribution in [2.75, 3.05) is 7.11 Å². The van der Waals surface area contributed by atoms with E-state index in [1.807, 2.05) is 0 Å². The second-order valence-electron chi connectivity index (χ2n) is 5.18. The van der Waals surface area contributed by atoms with Gasteiger partial charge in [-0.15, -0.1) is 0 Å². The molecule has 0 saturated carbocycles. The van der Waals surface area contributed by atoms with Crippen LogP contribution in [-0.2, 0) is 0 Å². The van der Waals surface area contributed by atoms with Crippen LogP contribution in [0.15, 0.2) is 18.2 Å². The zero-order valence-electron chi connectivity index (χ0n) is 12.5. The van der Waals surface area contributed by atoms with Crippen molar-refractivity contribution in [1.82, 2.24) is 0 Å². The summed E-state index contributed by atoms with van der Waals surface area (Å²) in [6.45, 7) is 3.84. The monoisotopic (exact) mass is 278 g/mol. The highest BCUT2D eigenvalue weighted by atomic mass is 19.1. The molecule has 1 aromatic rings. The minimum absolute atomic E-state index is 0.363. The predicted octanol–water partition coefficient (Wildman–Crippen LogP) is 3.91. The highest BCUT2D eigenvalue weighted by Gasteiger charge is 2.16. The lowest BCUT2D eigenvalue weighted by Crippen LogP contribution is -2.21. The molecule has 2 nitrogen and oxygen atoms in total. The summed E-state index contributed by atoms with van der Waals surface area (Å²) in [4.78, 5) is 0. The molecule has 0 aliphatic heterocycles. The van der Waals surface area contributed by atoms with Gasteiger partial charge in [0, 0.05) is 0 Å². The zero-order valence-corrected chi connectivity index (χ0v) is 12.5. The molecule has 0 spiro atoms. The molecule has 0 fully saturated rings. The van der Waals surface area contributed by atoms with Gasteiger partial charge in [0.05, 0.1) is 12.7 Å². The molecule has 110 valence electrons. The number of hydrogen-bond donors (Lipinski definition) is 1. The Morgan fingerprint density at radius 1 is 1.30 bits per heavy atom. The molecule has 0 saturated heterocycles. The van der Waals surface area contributed by atoms with Gasteiger partial charge in [0.15, 0.2) is 0 Å². The highest BCUT2D eigenvalue weighted by Crippen LogP contribution is 2.19. The lowest BCUT2D eigenvalue weighted by molar-refractivity contribution is 0.109. The maximum absolute atomic E-state index is 13.2. The summed E-state index contributed by atoms with van der Waals surface area (Å²) in [6, 6.07) is 4.18. The Hall–Kier alpha value is -1.53. The van der Waals surface area contributed by atoms with Crippen LogP contribution < -0.4 is 4.74 Å².